The van der Waals surface area contributed by atoms with E-state index in [0.29, 0.717) is 46.2 Å². The zero-order valence-electron chi connectivity index (χ0n) is 22.3. The Morgan fingerprint density at radius 3 is 2.65 bits per heavy atom. The fourth-order valence-corrected chi connectivity index (χ4v) is 5.29. The van der Waals surface area contributed by atoms with Gasteiger partial charge in [-0.15, -0.1) is 0 Å². The summed E-state index contributed by atoms with van der Waals surface area (Å²) in [5.41, 5.74) is 6.28. The van der Waals surface area contributed by atoms with Crippen molar-refractivity contribution in [3.8, 4) is 39.9 Å². The molecule has 0 spiro atoms. The largest absolute Gasteiger partial charge is 0.492 e. The number of halogens is 1. The van der Waals surface area contributed by atoms with E-state index >= 15 is 0 Å². The highest BCUT2D eigenvalue weighted by atomic mass is 19.1. The van der Waals surface area contributed by atoms with Crippen molar-refractivity contribution in [1.29, 1.82) is 0 Å². The Morgan fingerprint density at radius 2 is 1.82 bits per heavy atom. The molecule has 0 bridgehead atoms. The minimum absolute atomic E-state index is 0.385. The van der Waals surface area contributed by atoms with Gasteiger partial charge in [0.15, 0.2) is 11.5 Å². The van der Waals surface area contributed by atoms with Crippen LogP contribution in [0.5, 0.6) is 5.75 Å². The number of rotatable bonds is 7. The molecule has 0 amide bonds. The highest BCUT2D eigenvalue weighted by Gasteiger charge is 2.19. The number of nitrogens with one attached hydrogen (secondary N) is 2. The van der Waals surface area contributed by atoms with Crippen LogP contribution in [0.15, 0.2) is 48.8 Å². The van der Waals surface area contributed by atoms with E-state index in [4.69, 9.17) is 14.7 Å². The summed E-state index contributed by atoms with van der Waals surface area (Å²) in [6.07, 6.45) is 5.94. The second-order valence-electron chi connectivity index (χ2n) is 10.1. The van der Waals surface area contributed by atoms with Gasteiger partial charge in [0.2, 0.25) is 0 Å². The molecule has 40 heavy (non-hydrogen) atoms. The number of pyridine rings is 2. The van der Waals surface area contributed by atoms with Gasteiger partial charge in [0.05, 0.1) is 34.3 Å². The maximum Gasteiger partial charge on any atom is 0.161 e. The van der Waals surface area contributed by atoms with Gasteiger partial charge in [0.1, 0.15) is 35.0 Å². The molecule has 1 aliphatic heterocycles. The van der Waals surface area contributed by atoms with Gasteiger partial charge in [-0.05, 0) is 63.2 Å². The molecule has 6 heterocycles. The van der Waals surface area contributed by atoms with Gasteiger partial charge in [0.25, 0.3) is 0 Å². The zero-order valence-corrected chi connectivity index (χ0v) is 22.3. The summed E-state index contributed by atoms with van der Waals surface area (Å²) in [5, 5.41) is 7.56. The minimum Gasteiger partial charge on any atom is -0.492 e. The number of benzene rings is 1. The van der Waals surface area contributed by atoms with E-state index in [1.165, 1.54) is 25.0 Å². The SMILES string of the molecule is Cc1ncc(-c2ccc3[nH]nc(-c4nc5c(-c6cc(F)cc(OCCN7CCCC7)c6)nccc5[nH]4)c3n2)n1C. The van der Waals surface area contributed by atoms with Crippen molar-refractivity contribution in [3.05, 3.63) is 60.4 Å². The quantitative estimate of drug-likeness (QED) is 0.298. The molecule has 7 rings (SSSR count). The lowest BCUT2D eigenvalue weighted by molar-refractivity contribution is 0.237. The number of hydrogen-bond donors (Lipinski definition) is 2. The Labute approximate surface area is 229 Å². The summed E-state index contributed by atoms with van der Waals surface area (Å²) in [6, 6.07) is 10.4. The van der Waals surface area contributed by atoms with Crippen molar-refractivity contribution < 1.29 is 9.13 Å². The monoisotopic (exact) mass is 537 g/mol. The molecule has 0 radical (unpaired) electrons. The van der Waals surface area contributed by atoms with Crippen LogP contribution in [0.3, 0.4) is 0 Å². The van der Waals surface area contributed by atoms with Crippen molar-refractivity contribution >= 4 is 22.1 Å². The number of imidazole rings is 2. The number of nitrogens with zero attached hydrogens (tertiary/aromatic N) is 7. The lowest BCUT2D eigenvalue weighted by Crippen LogP contribution is -2.25. The molecular weight excluding hydrogens is 509 g/mol. The molecule has 6 aromatic rings. The van der Waals surface area contributed by atoms with Crippen LogP contribution < -0.4 is 4.74 Å². The minimum atomic E-state index is -0.385. The maximum atomic E-state index is 14.7. The van der Waals surface area contributed by atoms with Gasteiger partial charge in [-0.25, -0.2) is 19.3 Å². The number of aryl methyl sites for hydroxylation is 1. The highest BCUT2D eigenvalue weighted by Crippen LogP contribution is 2.32. The summed E-state index contributed by atoms with van der Waals surface area (Å²) in [4.78, 5) is 24.4. The molecule has 2 N–H and O–H groups in total. The fourth-order valence-electron chi connectivity index (χ4n) is 5.29. The molecule has 5 aromatic heterocycles. The molecule has 10 nitrogen and oxygen atoms in total. The average molecular weight is 538 g/mol. The molecule has 1 aliphatic rings. The summed E-state index contributed by atoms with van der Waals surface area (Å²) in [6.45, 7) is 5.48. The Hall–Kier alpha value is -4.64. The Morgan fingerprint density at radius 1 is 0.975 bits per heavy atom. The van der Waals surface area contributed by atoms with Crippen molar-refractivity contribution in [2.24, 2.45) is 7.05 Å². The van der Waals surface area contributed by atoms with E-state index in [1.54, 1.807) is 6.20 Å². The van der Waals surface area contributed by atoms with Crippen LogP contribution in [0.2, 0.25) is 0 Å². The summed E-state index contributed by atoms with van der Waals surface area (Å²) in [7, 11) is 1.96. The van der Waals surface area contributed by atoms with Crippen LogP contribution in [-0.4, -0.2) is 70.8 Å². The number of hydrogen-bond acceptors (Lipinski definition) is 7. The number of aromatic amines is 2. The number of fused-ring (bicyclic) bond motifs is 2. The third kappa shape index (κ3) is 4.37. The van der Waals surface area contributed by atoms with E-state index < -0.39 is 0 Å². The number of ether oxygens (including phenoxy) is 1. The van der Waals surface area contributed by atoms with Crippen molar-refractivity contribution in [1.82, 2.24) is 44.6 Å². The van der Waals surface area contributed by atoms with Gasteiger partial charge in [-0.2, -0.15) is 5.10 Å². The highest BCUT2D eigenvalue weighted by molar-refractivity contribution is 5.95. The van der Waals surface area contributed by atoms with Gasteiger partial charge >= 0.3 is 0 Å². The predicted octanol–water partition coefficient (Wildman–Crippen LogP) is 4.89. The molecule has 1 saturated heterocycles. The smallest absolute Gasteiger partial charge is 0.161 e. The van der Waals surface area contributed by atoms with E-state index in [0.717, 1.165) is 47.9 Å². The van der Waals surface area contributed by atoms with Crippen molar-refractivity contribution in [2.75, 3.05) is 26.2 Å². The second kappa shape index (κ2) is 9.83. The molecule has 0 atom stereocenters. The van der Waals surface area contributed by atoms with Crippen molar-refractivity contribution in [2.45, 2.75) is 19.8 Å². The number of H-pyrrole nitrogens is 2. The standard InChI is InChI=1S/C29H28FN9O/c1-17-32-16-24(38(17)2)21-5-6-23-27(33-21)28(37-36-23)29-34-22-7-8-31-25(26(22)35-29)18-13-19(30)15-20(14-18)40-12-11-39-9-3-4-10-39/h5-8,13-16H,3-4,9-12H2,1-2H3,(H,34,35)(H,36,37). The van der Waals surface area contributed by atoms with E-state index in [-0.39, 0.29) is 5.82 Å². The van der Waals surface area contributed by atoms with Gasteiger partial charge in [-0.3, -0.25) is 15.0 Å². The van der Waals surface area contributed by atoms with Crippen LogP contribution in [0, 0.1) is 12.7 Å². The van der Waals surface area contributed by atoms with Crippen LogP contribution in [0.25, 0.3) is 56.2 Å². The molecule has 1 fully saturated rings. The summed E-state index contributed by atoms with van der Waals surface area (Å²) in [5.74, 6) is 1.53. The van der Waals surface area contributed by atoms with E-state index in [2.05, 4.69) is 30.0 Å². The average Bonchev–Trinajstić information content (AvgIpc) is 3.75. The van der Waals surface area contributed by atoms with E-state index in [1.807, 2.05) is 49.0 Å². The van der Waals surface area contributed by atoms with Crippen LogP contribution in [0.1, 0.15) is 18.7 Å². The van der Waals surface area contributed by atoms with Crippen LogP contribution >= 0.6 is 0 Å². The number of likely N-dealkylation sites (tertiary alicyclic amines) is 1. The first-order valence-electron chi connectivity index (χ1n) is 13.4. The Balaban J connectivity index is 1.23. The lowest BCUT2D eigenvalue weighted by atomic mass is 10.1. The molecule has 0 unspecified atom stereocenters. The molecule has 11 heteroatoms. The third-order valence-corrected chi connectivity index (χ3v) is 7.54. The number of aromatic nitrogens is 8. The normalized spacial score (nSPS) is 14.1. The Bertz CT molecular complexity index is 1850. The second-order valence-corrected chi connectivity index (χ2v) is 10.1. The van der Waals surface area contributed by atoms with Crippen LogP contribution in [0.4, 0.5) is 4.39 Å². The van der Waals surface area contributed by atoms with Crippen molar-refractivity contribution in [3.63, 3.8) is 0 Å². The molecule has 1 aromatic carbocycles. The van der Waals surface area contributed by atoms with Gasteiger partial charge in [-0.1, -0.05) is 0 Å². The first-order valence-corrected chi connectivity index (χ1v) is 13.4. The fraction of sp³-hybridized carbons (Fsp3) is 0.276. The topological polar surface area (TPSA) is 113 Å². The zero-order chi connectivity index (χ0) is 27.2. The Kier molecular flexibility index (Phi) is 6.00. The first-order chi connectivity index (χ1) is 19.5. The molecule has 0 aliphatic carbocycles. The van der Waals surface area contributed by atoms with E-state index in [9.17, 15) is 4.39 Å². The molecular formula is C29H28FN9O. The third-order valence-electron chi connectivity index (χ3n) is 7.54. The summed E-state index contributed by atoms with van der Waals surface area (Å²) >= 11 is 0. The van der Waals surface area contributed by atoms with Gasteiger partial charge < -0.3 is 14.3 Å². The summed E-state index contributed by atoms with van der Waals surface area (Å²) < 4.78 is 22.6. The first kappa shape index (κ1) is 24.4. The molecule has 0 saturated carbocycles. The lowest BCUT2D eigenvalue weighted by Gasteiger charge is -2.15. The van der Waals surface area contributed by atoms with Gasteiger partial charge in [0, 0.05) is 31.4 Å². The molecule has 202 valence electrons. The van der Waals surface area contributed by atoms with Crippen LogP contribution in [-0.2, 0) is 7.05 Å². The predicted molar refractivity (Wildman–Crippen MR) is 150 cm³/mol. The maximum absolute atomic E-state index is 14.7.